The molecular formula is C7H13N3O. The molecule has 1 aromatic heterocycles. The Hall–Kier alpha value is -1.06. The third kappa shape index (κ3) is 1.50. The van der Waals surface area contributed by atoms with E-state index in [1.165, 1.54) is 0 Å². The summed E-state index contributed by atoms with van der Waals surface area (Å²) < 4.78 is 5.09. The summed E-state index contributed by atoms with van der Waals surface area (Å²) in [5.74, 6) is 0.609. The fourth-order valence-corrected chi connectivity index (χ4v) is 0.659. The molecular weight excluding hydrogens is 142 g/mol. The Morgan fingerprint density at radius 1 is 1.45 bits per heavy atom. The maximum Gasteiger partial charge on any atom is 0.312 e. The minimum atomic E-state index is -0.0649. The van der Waals surface area contributed by atoms with Gasteiger partial charge in [0.25, 0.3) is 0 Å². The van der Waals surface area contributed by atoms with E-state index in [0.717, 1.165) is 6.42 Å². The normalized spacial score (nSPS) is 11.9. The minimum absolute atomic E-state index is 0.0649. The van der Waals surface area contributed by atoms with Gasteiger partial charge in [-0.25, -0.2) is 0 Å². The highest BCUT2D eigenvalue weighted by Gasteiger charge is 2.24. The molecule has 0 saturated carbocycles. The van der Waals surface area contributed by atoms with Gasteiger partial charge in [-0.2, -0.15) is 0 Å². The van der Waals surface area contributed by atoms with Crippen molar-refractivity contribution in [2.45, 2.75) is 32.6 Å². The molecule has 0 aliphatic heterocycles. The Kier molecular flexibility index (Phi) is 1.85. The Labute approximate surface area is 65.8 Å². The van der Waals surface area contributed by atoms with Gasteiger partial charge in [-0.1, -0.05) is 25.9 Å². The first-order chi connectivity index (χ1) is 5.06. The van der Waals surface area contributed by atoms with Crippen molar-refractivity contribution in [1.29, 1.82) is 0 Å². The van der Waals surface area contributed by atoms with Crippen molar-refractivity contribution < 1.29 is 4.42 Å². The van der Waals surface area contributed by atoms with Crippen molar-refractivity contribution in [2.75, 3.05) is 5.73 Å². The number of rotatable bonds is 2. The second kappa shape index (κ2) is 2.53. The summed E-state index contributed by atoms with van der Waals surface area (Å²) in [7, 11) is 0. The van der Waals surface area contributed by atoms with Crippen LogP contribution in [0.1, 0.15) is 33.1 Å². The van der Waals surface area contributed by atoms with Gasteiger partial charge in [0.1, 0.15) is 0 Å². The van der Waals surface area contributed by atoms with E-state index >= 15 is 0 Å². The maximum absolute atomic E-state index is 5.29. The van der Waals surface area contributed by atoms with Crippen LogP contribution >= 0.6 is 0 Å². The molecule has 4 nitrogen and oxygen atoms in total. The van der Waals surface area contributed by atoms with Crippen molar-refractivity contribution in [3.63, 3.8) is 0 Å². The molecule has 0 fully saturated rings. The standard InChI is InChI=1S/C7H13N3O/c1-4-7(2,3)5-9-10-6(8)11-5/h4H2,1-3H3,(H2,8,10). The van der Waals surface area contributed by atoms with E-state index in [1.54, 1.807) is 0 Å². The summed E-state index contributed by atoms with van der Waals surface area (Å²) in [6.07, 6.45) is 0.953. The molecule has 1 heterocycles. The van der Waals surface area contributed by atoms with E-state index in [1.807, 2.05) is 13.8 Å². The van der Waals surface area contributed by atoms with Gasteiger partial charge in [-0.05, 0) is 6.42 Å². The molecule has 1 rings (SSSR count). The lowest BCUT2D eigenvalue weighted by molar-refractivity contribution is 0.366. The summed E-state index contributed by atoms with van der Waals surface area (Å²) in [6, 6.07) is 0.140. The number of hydrogen-bond acceptors (Lipinski definition) is 4. The lowest BCUT2D eigenvalue weighted by atomic mass is 9.90. The van der Waals surface area contributed by atoms with Crippen molar-refractivity contribution in [2.24, 2.45) is 0 Å². The van der Waals surface area contributed by atoms with Crippen LogP contribution in [0.5, 0.6) is 0 Å². The minimum Gasteiger partial charge on any atom is -0.408 e. The zero-order chi connectivity index (χ0) is 8.48. The fourth-order valence-electron chi connectivity index (χ4n) is 0.659. The van der Waals surface area contributed by atoms with Crippen LogP contribution in [0.25, 0.3) is 0 Å². The Morgan fingerprint density at radius 3 is 2.45 bits per heavy atom. The van der Waals surface area contributed by atoms with Crippen molar-refractivity contribution in [1.82, 2.24) is 10.2 Å². The molecule has 62 valence electrons. The fraction of sp³-hybridized carbons (Fsp3) is 0.714. The van der Waals surface area contributed by atoms with Crippen LogP contribution in [-0.4, -0.2) is 10.2 Å². The molecule has 4 heteroatoms. The molecule has 0 aliphatic rings. The molecule has 0 amide bonds. The van der Waals surface area contributed by atoms with Crippen LogP contribution < -0.4 is 5.73 Å². The van der Waals surface area contributed by atoms with E-state index in [0.29, 0.717) is 5.89 Å². The van der Waals surface area contributed by atoms with Crippen LogP contribution in [0.15, 0.2) is 4.42 Å². The van der Waals surface area contributed by atoms with Crippen LogP contribution in [-0.2, 0) is 5.41 Å². The van der Waals surface area contributed by atoms with E-state index < -0.39 is 0 Å². The van der Waals surface area contributed by atoms with Gasteiger partial charge in [0.05, 0.1) is 0 Å². The molecule has 0 spiro atoms. The molecule has 2 N–H and O–H groups in total. The van der Waals surface area contributed by atoms with Crippen LogP contribution in [0.3, 0.4) is 0 Å². The molecule has 0 bridgehead atoms. The van der Waals surface area contributed by atoms with Gasteiger partial charge in [0, 0.05) is 5.41 Å². The quantitative estimate of drug-likeness (QED) is 0.699. The van der Waals surface area contributed by atoms with Crippen LogP contribution in [0, 0.1) is 0 Å². The molecule has 1 aromatic rings. The van der Waals surface area contributed by atoms with E-state index in [4.69, 9.17) is 10.2 Å². The van der Waals surface area contributed by atoms with Gasteiger partial charge in [-0.3, -0.25) is 0 Å². The van der Waals surface area contributed by atoms with Gasteiger partial charge >= 0.3 is 6.01 Å². The van der Waals surface area contributed by atoms with Gasteiger partial charge < -0.3 is 10.2 Å². The Balaban J connectivity index is 2.92. The largest absolute Gasteiger partial charge is 0.408 e. The summed E-state index contributed by atoms with van der Waals surface area (Å²) >= 11 is 0. The van der Waals surface area contributed by atoms with E-state index in [2.05, 4.69) is 17.1 Å². The van der Waals surface area contributed by atoms with E-state index in [9.17, 15) is 0 Å². The highest BCUT2D eigenvalue weighted by atomic mass is 16.4. The van der Waals surface area contributed by atoms with Crippen LogP contribution in [0.4, 0.5) is 6.01 Å². The van der Waals surface area contributed by atoms with Gasteiger partial charge in [0.15, 0.2) is 0 Å². The predicted octanol–water partition coefficient (Wildman–Crippen LogP) is 1.34. The molecule has 0 aromatic carbocycles. The Bertz CT molecular complexity index is 242. The monoisotopic (exact) mass is 155 g/mol. The predicted molar refractivity (Wildman–Crippen MR) is 42.0 cm³/mol. The zero-order valence-electron chi connectivity index (χ0n) is 7.09. The highest BCUT2D eigenvalue weighted by Crippen LogP contribution is 2.25. The second-order valence-electron chi connectivity index (χ2n) is 3.18. The number of aromatic nitrogens is 2. The van der Waals surface area contributed by atoms with E-state index in [-0.39, 0.29) is 11.4 Å². The van der Waals surface area contributed by atoms with Crippen molar-refractivity contribution >= 4 is 6.01 Å². The van der Waals surface area contributed by atoms with Crippen LogP contribution in [0.2, 0.25) is 0 Å². The maximum atomic E-state index is 5.29. The third-order valence-corrected chi connectivity index (χ3v) is 1.90. The average molecular weight is 155 g/mol. The zero-order valence-corrected chi connectivity index (χ0v) is 7.09. The molecule has 0 unspecified atom stereocenters. The smallest absolute Gasteiger partial charge is 0.312 e. The second-order valence-corrected chi connectivity index (χ2v) is 3.18. The third-order valence-electron chi connectivity index (χ3n) is 1.90. The average Bonchev–Trinajstić information content (AvgIpc) is 2.36. The summed E-state index contributed by atoms with van der Waals surface area (Å²) in [4.78, 5) is 0. The van der Waals surface area contributed by atoms with Crippen molar-refractivity contribution in [3.8, 4) is 0 Å². The topological polar surface area (TPSA) is 64.9 Å². The number of hydrogen-bond donors (Lipinski definition) is 1. The lowest BCUT2D eigenvalue weighted by Gasteiger charge is -2.16. The number of nitrogens with zero attached hydrogens (tertiary/aromatic N) is 2. The number of anilines is 1. The number of nitrogens with two attached hydrogens (primary N) is 1. The summed E-state index contributed by atoms with van der Waals surface area (Å²) in [5.41, 5.74) is 5.22. The molecule has 0 atom stereocenters. The lowest BCUT2D eigenvalue weighted by Crippen LogP contribution is -2.15. The highest BCUT2D eigenvalue weighted by molar-refractivity contribution is 5.09. The molecule has 11 heavy (non-hydrogen) atoms. The van der Waals surface area contributed by atoms with Crippen molar-refractivity contribution in [3.05, 3.63) is 5.89 Å². The van der Waals surface area contributed by atoms with Gasteiger partial charge in [0.2, 0.25) is 5.89 Å². The molecule has 0 radical (unpaired) electrons. The SMILES string of the molecule is CCC(C)(C)c1nnc(N)o1. The number of nitrogen functional groups attached to an aromatic ring is 1. The van der Waals surface area contributed by atoms with Gasteiger partial charge in [-0.15, -0.1) is 5.10 Å². The first-order valence-electron chi connectivity index (χ1n) is 3.65. The first kappa shape index (κ1) is 8.04. The summed E-state index contributed by atoms with van der Waals surface area (Å²) in [5, 5.41) is 7.41. The first-order valence-corrected chi connectivity index (χ1v) is 3.65. The molecule has 0 saturated heterocycles. The molecule has 0 aliphatic carbocycles. The Morgan fingerprint density at radius 2 is 2.09 bits per heavy atom. The summed E-state index contributed by atoms with van der Waals surface area (Å²) in [6.45, 7) is 6.15.